The fourth-order valence-electron chi connectivity index (χ4n) is 1.42. The number of halogens is 1. The van der Waals surface area contributed by atoms with Gasteiger partial charge in [-0.3, -0.25) is 4.68 Å². The van der Waals surface area contributed by atoms with Gasteiger partial charge in [-0.25, -0.2) is 0 Å². The zero-order valence-corrected chi connectivity index (χ0v) is 10.8. The van der Waals surface area contributed by atoms with Crippen molar-refractivity contribution >= 4 is 17.4 Å². The summed E-state index contributed by atoms with van der Waals surface area (Å²) in [7, 11) is 4.03. The van der Waals surface area contributed by atoms with E-state index in [0.717, 1.165) is 18.8 Å². The summed E-state index contributed by atoms with van der Waals surface area (Å²) in [4.78, 5) is 13.0. The summed E-state index contributed by atoms with van der Waals surface area (Å²) in [5.41, 5.74) is 0.957. The number of hydrogen-bond acceptors (Lipinski definition) is 3. The standard InChI is InChI=1S/C11H18ClN3O/c1-9(16)4-5-11-10(12)8-13-15(11)7-6-14(2)3/h8H,4-7H2,1-3H3. The number of nitrogens with zero attached hydrogens (tertiary/aromatic N) is 3. The Balaban J connectivity index is 2.65. The van der Waals surface area contributed by atoms with E-state index in [4.69, 9.17) is 11.6 Å². The van der Waals surface area contributed by atoms with Gasteiger partial charge in [0.25, 0.3) is 0 Å². The molecule has 16 heavy (non-hydrogen) atoms. The molecule has 4 nitrogen and oxygen atoms in total. The number of rotatable bonds is 6. The minimum absolute atomic E-state index is 0.177. The summed E-state index contributed by atoms with van der Waals surface area (Å²) in [6, 6.07) is 0. The first kappa shape index (κ1) is 13.2. The molecule has 0 aliphatic carbocycles. The monoisotopic (exact) mass is 243 g/mol. The Bertz CT molecular complexity index is 360. The van der Waals surface area contributed by atoms with E-state index >= 15 is 0 Å². The lowest BCUT2D eigenvalue weighted by molar-refractivity contribution is -0.117. The van der Waals surface area contributed by atoms with Crippen molar-refractivity contribution in [3.05, 3.63) is 16.9 Å². The molecule has 0 saturated carbocycles. The Morgan fingerprint density at radius 1 is 1.56 bits per heavy atom. The highest BCUT2D eigenvalue weighted by Gasteiger charge is 2.09. The molecule has 0 spiro atoms. The van der Waals surface area contributed by atoms with Crippen LogP contribution in [0.3, 0.4) is 0 Å². The van der Waals surface area contributed by atoms with Crippen molar-refractivity contribution in [3.63, 3.8) is 0 Å². The molecule has 0 aliphatic heterocycles. The fraction of sp³-hybridized carbons (Fsp3) is 0.636. The first-order chi connectivity index (χ1) is 7.50. The van der Waals surface area contributed by atoms with Crippen molar-refractivity contribution in [1.29, 1.82) is 0 Å². The van der Waals surface area contributed by atoms with Crippen molar-refractivity contribution in [2.75, 3.05) is 20.6 Å². The number of carbonyl (C=O) groups excluding carboxylic acids is 1. The van der Waals surface area contributed by atoms with Crippen LogP contribution >= 0.6 is 11.6 Å². The van der Waals surface area contributed by atoms with E-state index in [0.29, 0.717) is 17.9 Å². The van der Waals surface area contributed by atoms with E-state index in [1.54, 1.807) is 13.1 Å². The van der Waals surface area contributed by atoms with Gasteiger partial charge in [0.1, 0.15) is 5.78 Å². The van der Waals surface area contributed by atoms with Gasteiger partial charge in [0, 0.05) is 13.0 Å². The van der Waals surface area contributed by atoms with Crippen LogP contribution in [0.25, 0.3) is 0 Å². The van der Waals surface area contributed by atoms with Crippen LogP contribution < -0.4 is 0 Å². The molecule has 0 aromatic carbocycles. The van der Waals surface area contributed by atoms with E-state index in [9.17, 15) is 4.79 Å². The van der Waals surface area contributed by atoms with Crippen LogP contribution in [0.2, 0.25) is 5.02 Å². The molecule has 90 valence electrons. The van der Waals surface area contributed by atoms with Crippen LogP contribution in [0, 0.1) is 0 Å². The third kappa shape index (κ3) is 3.94. The summed E-state index contributed by atoms with van der Waals surface area (Å²) >= 11 is 6.04. The number of hydrogen-bond donors (Lipinski definition) is 0. The van der Waals surface area contributed by atoms with Gasteiger partial charge in [-0.05, 0) is 27.4 Å². The maximum Gasteiger partial charge on any atom is 0.130 e. The molecule has 0 N–H and O–H groups in total. The van der Waals surface area contributed by atoms with Gasteiger partial charge in [-0.2, -0.15) is 5.10 Å². The maximum absolute atomic E-state index is 10.9. The molecule has 0 amide bonds. The average Bonchev–Trinajstić information content (AvgIpc) is 2.53. The number of aromatic nitrogens is 2. The fourth-order valence-corrected chi connectivity index (χ4v) is 1.65. The highest BCUT2D eigenvalue weighted by atomic mass is 35.5. The Morgan fingerprint density at radius 2 is 2.25 bits per heavy atom. The molecule has 1 rings (SSSR count). The van der Waals surface area contributed by atoms with Crippen molar-refractivity contribution in [3.8, 4) is 0 Å². The zero-order chi connectivity index (χ0) is 12.1. The van der Waals surface area contributed by atoms with Crippen LogP contribution in [0.15, 0.2) is 6.20 Å². The third-order valence-corrected chi connectivity index (χ3v) is 2.69. The smallest absolute Gasteiger partial charge is 0.130 e. The van der Waals surface area contributed by atoms with E-state index in [-0.39, 0.29) is 5.78 Å². The Labute approximate surface area is 101 Å². The molecular weight excluding hydrogens is 226 g/mol. The van der Waals surface area contributed by atoms with Crippen molar-refractivity contribution in [1.82, 2.24) is 14.7 Å². The second kappa shape index (κ2) is 6.01. The van der Waals surface area contributed by atoms with E-state index in [1.807, 2.05) is 18.8 Å². The predicted octanol–water partition coefficient (Wildman–Crippen LogP) is 1.62. The highest BCUT2D eigenvalue weighted by molar-refractivity contribution is 6.31. The van der Waals surface area contributed by atoms with Crippen LogP contribution in [0.4, 0.5) is 0 Å². The van der Waals surface area contributed by atoms with Gasteiger partial charge in [0.2, 0.25) is 0 Å². The molecule has 0 fully saturated rings. The summed E-state index contributed by atoms with van der Waals surface area (Å²) in [5, 5.41) is 4.87. The second-order valence-corrected chi connectivity index (χ2v) is 4.57. The minimum Gasteiger partial charge on any atom is -0.308 e. The Kier molecular flexibility index (Phi) is 4.96. The minimum atomic E-state index is 0.177. The molecule has 0 bridgehead atoms. The average molecular weight is 244 g/mol. The van der Waals surface area contributed by atoms with Crippen LogP contribution in [-0.4, -0.2) is 41.1 Å². The predicted molar refractivity (Wildman–Crippen MR) is 64.8 cm³/mol. The normalized spacial score (nSPS) is 11.1. The van der Waals surface area contributed by atoms with Gasteiger partial charge in [-0.15, -0.1) is 0 Å². The maximum atomic E-state index is 10.9. The SMILES string of the molecule is CC(=O)CCc1c(Cl)cnn1CCN(C)C. The van der Waals surface area contributed by atoms with Gasteiger partial charge in [0.15, 0.2) is 0 Å². The summed E-state index contributed by atoms with van der Waals surface area (Å²) < 4.78 is 1.88. The summed E-state index contributed by atoms with van der Waals surface area (Å²) in [6.45, 7) is 3.30. The number of carbonyl (C=O) groups is 1. The topological polar surface area (TPSA) is 38.1 Å². The Morgan fingerprint density at radius 3 is 2.81 bits per heavy atom. The zero-order valence-electron chi connectivity index (χ0n) is 10.0. The third-order valence-electron chi connectivity index (χ3n) is 2.37. The molecule has 0 atom stereocenters. The van der Waals surface area contributed by atoms with Crippen molar-refractivity contribution in [2.24, 2.45) is 0 Å². The molecule has 0 aliphatic rings. The quantitative estimate of drug-likeness (QED) is 0.762. The molecule has 1 aromatic heterocycles. The molecule has 1 heterocycles. The first-order valence-corrected chi connectivity index (χ1v) is 5.73. The molecule has 0 radical (unpaired) electrons. The largest absolute Gasteiger partial charge is 0.308 e. The number of likely N-dealkylation sites (N-methyl/N-ethyl adjacent to an activating group) is 1. The van der Waals surface area contributed by atoms with Crippen LogP contribution in [0.1, 0.15) is 19.0 Å². The summed E-state index contributed by atoms with van der Waals surface area (Å²) in [5.74, 6) is 0.177. The first-order valence-electron chi connectivity index (χ1n) is 5.35. The van der Waals surface area contributed by atoms with Crippen molar-refractivity contribution < 1.29 is 4.79 Å². The molecule has 0 unspecified atom stereocenters. The van der Waals surface area contributed by atoms with E-state index < -0.39 is 0 Å². The summed E-state index contributed by atoms with van der Waals surface area (Å²) in [6.07, 6.45) is 2.83. The second-order valence-electron chi connectivity index (χ2n) is 4.17. The van der Waals surface area contributed by atoms with Gasteiger partial charge >= 0.3 is 0 Å². The van der Waals surface area contributed by atoms with Crippen LogP contribution in [-0.2, 0) is 17.8 Å². The van der Waals surface area contributed by atoms with Gasteiger partial charge in [-0.1, -0.05) is 11.6 Å². The van der Waals surface area contributed by atoms with Crippen molar-refractivity contribution in [2.45, 2.75) is 26.3 Å². The lowest BCUT2D eigenvalue weighted by Crippen LogP contribution is -2.20. The Hall–Kier alpha value is -0.870. The molecule has 5 heteroatoms. The molecule has 0 saturated heterocycles. The van der Waals surface area contributed by atoms with Crippen LogP contribution in [0.5, 0.6) is 0 Å². The molecular formula is C11H18ClN3O. The van der Waals surface area contributed by atoms with E-state index in [2.05, 4.69) is 10.00 Å². The number of Topliss-reactive ketones (excluding diaryl/α,β-unsaturated/α-hetero) is 1. The van der Waals surface area contributed by atoms with E-state index in [1.165, 1.54) is 0 Å². The van der Waals surface area contributed by atoms with Gasteiger partial charge < -0.3 is 9.69 Å². The highest BCUT2D eigenvalue weighted by Crippen LogP contribution is 2.16. The number of ketones is 1. The van der Waals surface area contributed by atoms with Gasteiger partial charge in [0.05, 0.1) is 23.5 Å². The lowest BCUT2D eigenvalue weighted by atomic mass is 10.2. The lowest BCUT2D eigenvalue weighted by Gasteiger charge is -2.11. The molecule has 1 aromatic rings.